The maximum Gasteiger partial charge on any atom is 0.337 e. The molecule has 2 aromatic carbocycles. The number of aromatic nitrogens is 3. The van der Waals surface area contributed by atoms with E-state index in [1.807, 2.05) is 42.5 Å². The molecule has 35 heavy (non-hydrogen) atoms. The first-order chi connectivity index (χ1) is 17.1. The van der Waals surface area contributed by atoms with E-state index in [2.05, 4.69) is 14.8 Å². The number of hydrogen-bond donors (Lipinski definition) is 0. The van der Waals surface area contributed by atoms with Gasteiger partial charge in [0.25, 0.3) is 5.56 Å². The Morgan fingerprint density at radius 2 is 1.66 bits per heavy atom. The molecule has 0 amide bonds. The highest BCUT2D eigenvalue weighted by Gasteiger charge is 2.24. The summed E-state index contributed by atoms with van der Waals surface area (Å²) in [7, 11) is 2.93. The minimum atomic E-state index is -0.474. The van der Waals surface area contributed by atoms with Gasteiger partial charge in [0.05, 0.1) is 36.4 Å². The minimum absolute atomic E-state index is 0.210. The average molecular weight is 472 g/mol. The predicted molar refractivity (Wildman–Crippen MR) is 134 cm³/mol. The lowest BCUT2D eigenvalue weighted by Gasteiger charge is -2.36. The van der Waals surface area contributed by atoms with Crippen molar-refractivity contribution in [3.63, 3.8) is 0 Å². The molecule has 0 aliphatic carbocycles. The van der Waals surface area contributed by atoms with Crippen molar-refractivity contribution in [2.24, 2.45) is 0 Å². The monoisotopic (exact) mass is 471 g/mol. The Kier molecular flexibility index (Phi) is 6.05. The van der Waals surface area contributed by atoms with E-state index < -0.39 is 5.97 Å². The van der Waals surface area contributed by atoms with Crippen LogP contribution in [0.5, 0.6) is 5.75 Å². The Morgan fingerprint density at radius 1 is 0.914 bits per heavy atom. The molecular weight excluding hydrogens is 446 g/mol. The van der Waals surface area contributed by atoms with Crippen molar-refractivity contribution in [2.45, 2.75) is 0 Å². The first-order valence-electron chi connectivity index (χ1n) is 11.3. The van der Waals surface area contributed by atoms with Crippen LogP contribution in [0, 0.1) is 0 Å². The summed E-state index contributed by atoms with van der Waals surface area (Å²) in [6.07, 6.45) is 1.78. The zero-order valence-electron chi connectivity index (χ0n) is 19.5. The van der Waals surface area contributed by atoms with Crippen LogP contribution in [0.1, 0.15) is 10.4 Å². The first-order valence-corrected chi connectivity index (χ1v) is 11.3. The van der Waals surface area contributed by atoms with E-state index in [0.717, 1.165) is 18.9 Å². The SMILES string of the molecule is COC(=O)c1ccc2c(=O)n(-c3ccc(OC)cc3)c(N3CCN(c4ccccn4)CC3)nc2c1. The van der Waals surface area contributed by atoms with Gasteiger partial charge >= 0.3 is 5.97 Å². The summed E-state index contributed by atoms with van der Waals surface area (Å²) in [5.41, 5.74) is 1.27. The smallest absolute Gasteiger partial charge is 0.337 e. The Balaban J connectivity index is 1.59. The number of carbonyl (C=O) groups excluding carboxylic acids is 1. The zero-order valence-corrected chi connectivity index (χ0v) is 19.5. The van der Waals surface area contributed by atoms with E-state index in [0.29, 0.717) is 46.9 Å². The van der Waals surface area contributed by atoms with Gasteiger partial charge in [-0.3, -0.25) is 4.79 Å². The van der Waals surface area contributed by atoms with Gasteiger partial charge in [0.2, 0.25) is 5.95 Å². The van der Waals surface area contributed by atoms with Gasteiger partial charge in [0, 0.05) is 32.4 Å². The fraction of sp³-hybridized carbons (Fsp3) is 0.231. The summed E-state index contributed by atoms with van der Waals surface area (Å²) in [5, 5.41) is 0.421. The third kappa shape index (κ3) is 4.28. The average Bonchev–Trinajstić information content (AvgIpc) is 2.93. The van der Waals surface area contributed by atoms with Crippen LogP contribution in [0.4, 0.5) is 11.8 Å². The van der Waals surface area contributed by atoms with E-state index in [1.165, 1.54) is 7.11 Å². The van der Waals surface area contributed by atoms with Crippen molar-refractivity contribution >= 4 is 28.6 Å². The second-order valence-electron chi connectivity index (χ2n) is 8.14. The second kappa shape index (κ2) is 9.46. The number of methoxy groups -OCH3 is 2. The number of esters is 1. The molecule has 3 heterocycles. The number of nitrogens with zero attached hydrogens (tertiary/aromatic N) is 5. The van der Waals surface area contributed by atoms with Crippen molar-refractivity contribution in [2.75, 3.05) is 50.2 Å². The lowest BCUT2D eigenvalue weighted by molar-refractivity contribution is 0.0601. The summed E-state index contributed by atoms with van der Waals surface area (Å²) in [6.45, 7) is 2.77. The lowest BCUT2D eigenvalue weighted by Crippen LogP contribution is -2.48. The van der Waals surface area contributed by atoms with Gasteiger partial charge in [-0.1, -0.05) is 6.07 Å². The first kappa shape index (κ1) is 22.4. The van der Waals surface area contributed by atoms with Crippen molar-refractivity contribution < 1.29 is 14.3 Å². The van der Waals surface area contributed by atoms with E-state index in [9.17, 15) is 9.59 Å². The molecular formula is C26H25N5O4. The number of pyridine rings is 1. The topological polar surface area (TPSA) is 89.8 Å². The molecule has 9 heteroatoms. The van der Waals surface area contributed by atoms with Crippen LogP contribution >= 0.6 is 0 Å². The van der Waals surface area contributed by atoms with Gasteiger partial charge < -0.3 is 19.3 Å². The maximum atomic E-state index is 13.7. The molecule has 0 spiro atoms. The maximum absolute atomic E-state index is 13.7. The molecule has 0 N–H and O–H groups in total. The third-order valence-electron chi connectivity index (χ3n) is 6.14. The normalized spacial score (nSPS) is 13.7. The minimum Gasteiger partial charge on any atom is -0.497 e. The van der Waals surface area contributed by atoms with Crippen molar-refractivity contribution in [1.82, 2.24) is 14.5 Å². The number of hydrogen-bond acceptors (Lipinski definition) is 8. The van der Waals surface area contributed by atoms with Crippen molar-refractivity contribution in [3.05, 3.63) is 82.8 Å². The van der Waals surface area contributed by atoms with Crippen LogP contribution < -0.4 is 20.1 Å². The van der Waals surface area contributed by atoms with Crippen LogP contribution in [0.2, 0.25) is 0 Å². The van der Waals surface area contributed by atoms with Crippen molar-refractivity contribution in [1.29, 1.82) is 0 Å². The van der Waals surface area contributed by atoms with Gasteiger partial charge in [-0.25, -0.2) is 19.3 Å². The molecule has 1 aliphatic heterocycles. The van der Waals surface area contributed by atoms with Crippen LogP contribution in [0.25, 0.3) is 16.6 Å². The molecule has 0 bridgehead atoms. The summed E-state index contributed by atoms with van der Waals surface area (Å²) in [6, 6.07) is 18.0. The largest absolute Gasteiger partial charge is 0.497 e. The van der Waals surface area contributed by atoms with E-state index in [4.69, 9.17) is 14.5 Å². The fourth-order valence-electron chi connectivity index (χ4n) is 4.27. The number of rotatable bonds is 5. The standard InChI is InChI=1S/C26H25N5O4/c1-34-20-9-7-19(8-10-20)31-24(32)21-11-6-18(25(33)35-2)17-22(21)28-26(31)30-15-13-29(14-16-30)23-5-3-4-12-27-23/h3-12,17H,13-16H2,1-2H3. The number of carbonyl (C=O) groups is 1. The molecule has 1 saturated heterocycles. The van der Waals surface area contributed by atoms with Crippen molar-refractivity contribution in [3.8, 4) is 11.4 Å². The molecule has 0 unspecified atom stereocenters. The highest BCUT2D eigenvalue weighted by atomic mass is 16.5. The molecule has 0 saturated carbocycles. The van der Waals surface area contributed by atoms with E-state index >= 15 is 0 Å². The number of benzene rings is 2. The van der Waals surface area contributed by atoms with E-state index in [1.54, 1.807) is 36.1 Å². The highest BCUT2D eigenvalue weighted by molar-refractivity contribution is 5.94. The fourth-order valence-corrected chi connectivity index (χ4v) is 4.27. The van der Waals surface area contributed by atoms with E-state index in [-0.39, 0.29) is 5.56 Å². The third-order valence-corrected chi connectivity index (χ3v) is 6.14. The quantitative estimate of drug-likeness (QED) is 0.411. The summed E-state index contributed by atoms with van der Waals surface area (Å²) in [4.78, 5) is 39.4. The van der Waals surface area contributed by atoms with Gasteiger partial charge in [0.1, 0.15) is 11.6 Å². The van der Waals surface area contributed by atoms with Crippen LogP contribution in [0.15, 0.2) is 71.7 Å². The molecule has 1 aliphatic rings. The molecule has 0 atom stereocenters. The highest BCUT2D eigenvalue weighted by Crippen LogP contribution is 2.24. The number of fused-ring (bicyclic) bond motifs is 1. The number of piperazine rings is 1. The summed E-state index contributed by atoms with van der Waals surface area (Å²) >= 11 is 0. The summed E-state index contributed by atoms with van der Waals surface area (Å²) in [5.74, 6) is 1.67. The lowest BCUT2D eigenvalue weighted by atomic mass is 10.1. The molecule has 2 aromatic heterocycles. The Morgan fingerprint density at radius 3 is 2.31 bits per heavy atom. The molecule has 0 radical (unpaired) electrons. The predicted octanol–water partition coefficient (Wildman–Crippen LogP) is 2.90. The van der Waals surface area contributed by atoms with Gasteiger partial charge in [0.15, 0.2) is 0 Å². The van der Waals surface area contributed by atoms with Gasteiger partial charge in [-0.2, -0.15) is 0 Å². The Hall–Kier alpha value is -4.40. The molecule has 4 aromatic rings. The van der Waals surface area contributed by atoms with Crippen LogP contribution in [0.3, 0.4) is 0 Å². The molecule has 5 rings (SSSR count). The number of ether oxygens (including phenoxy) is 2. The van der Waals surface area contributed by atoms with Gasteiger partial charge in [-0.05, 0) is 54.6 Å². The molecule has 9 nitrogen and oxygen atoms in total. The molecule has 178 valence electrons. The van der Waals surface area contributed by atoms with Gasteiger partial charge in [-0.15, -0.1) is 0 Å². The second-order valence-corrected chi connectivity index (χ2v) is 8.14. The zero-order chi connectivity index (χ0) is 24.4. The Labute approximate surface area is 202 Å². The van der Waals surface area contributed by atoms with Crippen LogP contribution in [-0.2, 0) is 4.74 Å². The Bertz CT molecular complexity index is 1410. The number of anilines is 2. The molecule has 1 fully saturated rings. The van der Waals surface area contributed by atoms with Crippen LogP contribution in [-0.4, -0.2) is 60.9 Å². The summed E-state index contributed by atoms with van der Waals surface area (Å²) < 4.78 is 11.8.